The van der Waals surface area contributed by atoms with Crippen molar-refractivity contribution in [1.82, 2.24) is 0 Å². The van der Waals surface area contributed by atoms with Gasteiger partial charge in [-0.3, -0.25) is 9.59 Å². The maximum absolute atomic E-state index is 11.7. The molecular weight excluding hydrogens is 524 g/mol. The summed E-state index contributed by atoms with van der Waals surface area (Å²) in [6.07, 6.45) is 0.560. The van der Waals surface area contributed by atoms with Gasteiger partial charge in [-0.05, 0) is 31.0 Å². The van der Waals surface area contributed by atoms with Crippen LogP contribution < -0.4 is 9.47 Å². The molecule has 3 aromatic rings. The average molecular weight is 561 g/mol. The zero-order valence-corrected chi connectivity index (χ0v) is 23.8. The van der Waals surface area contributed by atoms with Crippen molar-refractivity contribution in [1.29, 1.82) is 0 Å². The first-order valence-electron chi connectivity index (χ1n) is 13.2. The maximum Gasteiger partial charge on any atom is 0.303 e. The maximum atomic E-state index is 11.7. The van der Waals surface area contributed by atoms with Crippen LogP contribution in [0, 0.1) is 0 Å². The summed E-state index contributed by atoms with van der Waals surface area (Å²) in [5.41, 5.74) is 0. The van der Waals surface area contributed by atoms with Crippen LogP contribution in [0.1, 0.15) is 40.5 Å². The molecule has 3 aromatic carbocycles. The molecule has 9 heteroatoms. The van der Waals surface area contributed by atoms with E-state index in [-0.39, 0.29) is 26.4 Å². The van der Waals surface area contributed by atoms with Crippen LogP contribution in [0.3, 0.4) is 0 Å². The van der Waals surface area contributed by atoms with Crippen LogP contribution in [-0.4, -0.2) is 63.8 Å². The molecule has 0 heterocycles. The second-order valence-electron chi connectivity index (χ2n) is 9.13. The molecule has 0 bridgehead atoms. The quantitative estimate of drug-likeness (QED) is 0.118. The number of ether oxygens (including phenoxy) is 6. The van der Waals surface area contributed by atoms with Gasteiger partial charge in [-0.15, -0.1) is 0 Å². The fourth-order valence-corrected chi connectivity index (χ4v) is 4.33. The van der Waals surface area contributed by atoms with E-state index in [0.29, 0.717) is 29.7 Å². The highest BCUT2D eigenvalue weighted by atomic mass is 35.5. The van der Waals surface area contributed by atoms with Crippen molar-refractivity contribution in [3.05, 3.63) is 47.5 Å². The van der Waals surface area contributed by atoms with Gasteiger partial charge in [0.15, 0.2) is 12.2 Å². The minimum atomic E-state index is -0.578. The number of carbonyl (C=O) groups is 2. The van der Waals surface area contributed by atoms with Gasteiger partial charge in [-0.25, -0.2) is 0 Å². The van der Waals surface area contributed by atoms with Gasteiger partial charge in [0.2, 0.25) is 0 Å². The third-order valence-electron chi connectivity index (χ3n) is 5.68. The molecule has 0 fully saturated rings. The second-order valence-corrected chi connectivity index (χ2v) is 9.56. The molecule has 0 amide bonds. The van der Waals surface area contributed by atoms with Gasteiger partial charge in [0.05, 0.1) is 13.2 Å². The summed E-state index contributed by atoms with van der Waals surface area (Å²) in [4.78, 5) is 23.4. The number of fused-ring (bicyclic) bond motifs is 2. The Morgan fingerprint density at radius 2 is 1.15 bits per heavy atom. The Kier molecular flexibility index (Phi) is 12.1. The highest BCUT2D eigenvalue weighted by Gasteiger charge is 2.21. The zero-order valence-electron chi connectivity index (χ0n) is 23.0. The summed E-state index contributed by atoms with van der Waals surface area (Å²) < 4.78 is 34.7. The van der Waals surface area contributed by atoms with Crippen molar-refractivity contribution in [3.63, 3.8) is 0 Å². The molecule has 8 nitrogen and oxygen atoms in total. The molecule has 3 rings (SSSR count). The summed E-state index contributed by atoms with van der Waals surface area (Å²) in [7, 11) is 0. The Balaban J connectivity index is 1.98. The topological polar surface area (TPSA) is 89.5 Å². The van der Waals surface area contributed by atoms with E-state index in [0.717, 1.165) is 34.4 Å². The van der Waals surface area contributed by atoms with E-state index in [1.54, 1.807) is 6.07 Å². The molecule has 0 aliphatic rings. The minimum Gasteiger partial charge on any atom is -0.488 e. The van der Waals surface area contributed by atoms with Crippen LogP contribution in [0.25, 0.3) is 21.5 Å². The highest BCUT2D eigenvalue weighted by molar-refractivity contribution is 6.31. The molecule has 0 saturated heterocycles. The summed E-state index contributed by atoms with van der Waals surface area (Å²) in [6, 6.07) is 13.2. The van der Waals surface area contributed by atoms with Crippen molar-refractivity contribution in [2.24, 2.45) is 0 Å². The summed E-state index contributed by atoms with van der Waals surface area (Å²) in [5.74, 6) is 0.389. The lowest BCUT2D eigenvalue weighted by Crippen LogP contribution is -2.29. The lowest BCUT2D eigenvalue weighted by atomic mass is 10.0. The normalized spacial score (nSPS) is 12.7. The van der Waals surface area contributed by atoms with Crippen molar-refractivity contribution in [3.8, 4) is 11.5 Å². The monoisotopic (exact) mass is 560 g/mol. The van der Waals surface area contributed by atoms with Gasteiger partial charge in [-0.1, -0.05) is 49.7 Å². The minimum absolute atomic E-state index is 0.0956. The first-order valence-corrected chi connectivity index (χ1v) is 13.6. The van der Waals surface area contributed by atoms with Crippen LogP contribution in [0.5, 0.6) is 11.5 Å². The Bertz CT molecular complexity index is 1240. The van der Waals surface area contributed by atoms with E-state index in [2.05, 4.69) is 0 Å². The molecule has 0 aliphatic heterocycles. The molecule has 0 spiro atoms. The van der Waals surface area contributed by atoms with Gasteiger partial charge in [0, 0.05) is 53.6 Å². The average Bonchev–Trinajstić information content (AvgIpc) is 2.89. The molecule has 2 unspecified atom stereocenters. The van der Waals surface area contributed by atoms with E-state index >= 15 is 0 Å². The lowest BCUT2D eigenvalue weighted by molar-refractivity contribution is -0.152. The molecule has 0 aliphatic carbocycles. The van der Waals surface area contributed by atoms with Gasteiger partial charge in [0.25, 0.3) is 0 Å². The van der Waals surface area contributed by atoms with E-state index in [9.17, 15) is 9.59 Å². The standard InChI is InChI=1S/C30H37ClO8/c1-5-13-34-16-23(38-20(3)32)18-36-29-25-9-7-8-10-26(25)30(28-15-22(31)11-12-27(28)29)37-19-24(39-21(4)33)17-35-14-6-2/h7-12,15,23-24H,5-6,13-14,16-19H2,1-4H3. The molecule has 39 heavy (non-hydrogen) atoms. The fourth-order valence-electron chi connectivity index (χ4n) is 4.16. The summed E-state index contributed by atoms with van der Waals surface area (Å²) in [5, 5.41) is 3.64. The second kappa shape index (κ2) is 15.5. The molecule has 0 radical (unpaired) electrons. The predicted octanol–water partition coefficient (Wildman–Crippen LogP) is 6.12. The SMILES string of the molecule is CCCOCC(COc1c2ccccc2c(OCC(COCCC)OC(C)=O)c2cc(Cl)ccc12)OC(C)=O. The molecule has 0 N–H and O–H groups in total. The van der Waals surface area contributed by atoms with Crippen LogP contribution in [0.15, 0.2) is 42.5 Å². The Hall–Kier alpha value is -3.07. The molecule has 212 valence electrons. The van der Waals surface area contributed by atoms with Gasteiger partial charge < -0.3 is 28.4 Å². The number of hydrogen-bond acceptors (Lipinski definition) is 8. The van der Waals surface area contributed by atoms with Crippen LogP contribution in [0.4, 0.5) is 0 Å². The zero-order chi connectivity index (χ0) is 28.2. The lowest BCUT2D eigenvalue weighted by Gasteiger charge is -2.22. The number of hydrogen-bond donors (Lipinski definition) is 0. The van der Waals surface area contributed by atoms with E-state index < -0.39 is 24.1 Å². The number of benzene rings is 3. The largest absolute Gasteiger partial charge is 0.488 e. The first-order chi connectivity index (χ1) is 18.8. The van der Waals surface area contributed by atoms with E-state index in [1.165, 1.54) is 13.8 Å². The van der Waals surface area contributed by atoms with Crippen LogP contribution in [0.2, 0.25) is 5.02 Å². The summed E-state index contributed by atoms with van der Waals surface area (Å²) in [6.45, 7) is 8.52. The number of halogens is 1. The fraction of sp³-hybridized carbons (Fsp3) is 0.467. The Morgan fingerprint density at radius 3 is 1.62 bits per heavy atom. The van der Waals surface area contributed by atoms with Gasteiger partial charge in [-0.2, -0.15) is 0 Å². The van der Waals surface area contributed by atoms with Crippen molar-refractivity contribution >= 4 is 45.1 Å². The van der Waals surface area contributed by atoms with Crippen molar-refractivity contribution in [2.45, 2.75) is 52.7 Å². The molecule has 0 aromatic heterocycles. The first kappa shape index (κ1) is 30.5. The van der Waals surface area contributed by atoms with Gasteiger partial charge >= 0.3 is 11.9 Å². The predicted molar refractivity (Wildman–Crippen MR) is 151 cm³/mol. The van der Waals surface area contributed by atoms with E-state index in [4.69, 9.17) is 40.0 Å². The molecular formula is C30H37ClO8. The Labute approximate surface area is 234 Å². The van der Waals surface area contributed by atoms with E-state index in [1.807, 2.05) is 50.2 Å². The van der Waals surface area contributed by atoms with Crippen molar-refractivity contribution in [2.75, 3.05) is 39.6 Å². The Morgan fingerprint density at radius 1 is 0.692 bits per heavy atom. The van der Waals surface area contributed by atoms with Crippen LogP contribution in [-0.2, 0) is 28.5 Å². The smallest absolute Gasteiger partial charge is 0.303 e. The van der Waals surface area contributed by atoms with Crippen molar-refractivity contribution < 1.29 is 38.0 Å². The highest BCUT2D eigenvalue weighted by Crippen LogP contribution is 2.43. The molecule has 0 saturated carbocycles. The van der Waals surface area contributed by atoms with Gasteiger partial charge in [0.1, 0.15) is 24.7 Å². The third-order valence-corrected chi connectivity index (χ3v) is 5.92. The summed E-state index contributed by atoms with van der Waals surface area (Å²) >= 11 is 6.41. The number of rotatable bonds is 16. The third kappa shape index (κ3) is 8.98. The van der Waals surface area contributed by atoms with Crippen LogP contribution >= 0.6 is 11.6 Å². The number of carbonyl (C=O) groups excluding carboxylic acids is 2. The molecule has 2 atom stereocenters. The number of esters is 2.